The minimum absolute atomic E-state index is 0.00231. The fraction of sp³-hybridized carbons (Fsp3) is 0.789. The lowest BCUT2D eigenvalue weighted by Crippen LogP contribution is -2.50. The van der Waals surface area contributed by atoms with Gasteiger partial charge in [-0.1, -0.05) is 46.4 Å². The van der Waals surface area contributed by atoms with Crippen molar-refractivity contribution in [3.05, 3.63) is 0 Å². The summed E-state index contributed by atoms with van der Waals surface area (Å²) in [7, 11) is -2.95. The van der Waals surface area contributed by atoms with E-state index in [1.165, 1.54) is 7.11 Å². The van der Waals surface area contributed by atoms with Crippen LogP contribution in [-0.4, -0.2) is 68.5 Å². The molecule has 0 spiro atoms. The van der Waals surface area contributed by atoms with Gasteiger partial charge in [0.05, 0.1) is 20.1 Å². The van der Waals surface area contributed by atoms with E-state index >= 15 is 0 Å². The van der Waals surface area contributed by atoms with E-state index in [2.05, 4.69) is 15.4 Å². The lowest BCUT2D eigenvalue weighted by atomic mass is 9.87. The van der Waals surface area contributed by atoms with E-state index in [-0.39, 0.29) is 31.2 Å². The fourth-order valence-corrected chi connectivity index (χ4v) is 4.62. The van der Waals surface area contributed by atoms with Gasteiger partial charge in [0.1, 0.15) is 0 Å². The Hall–Kier alpha value is -1.66. The van der Waals surface area contributed by atoms with E-state index in [9.17, 15) is 23.7 Å². The van der Waals surface area contributed by atoms with Crippen LogP contribution in [0.25, 0.3) is 0 Å². The molecule has 2 atom stereocenters. The predicted octanol–water partition coefficient (Wildman–Crippen LogP) is 2.22. The first-order valence-electron chi connectivity index (χ1n) is 10.2. The van der Waals surface area contributed by atoms with E-state index < -0.39 is 49.5 Å². The van der Waals surface area contributed by atoms with Gasteiger partial charge in [-0.15, -0.1) is 0 Å². The number of phosphoric acid groups is 1. The Balaban J connectivity index is 2.44. The van der Waals surface area contributed by atoms with E-state index in [0.29, 0.717) is 5.75 Å². The number of nitrogens with one attached hydrogen (secondary N) is 2. The second-order valence-corrected chi connectivity index (χ2v) is 11.5. The van der Waals surface area contributed by atoms with Gasteiger partial charge in [-0.25, -0.2) is 13.9 Å². The van der Waals surface area contributed by atoms with Gasteiger partial charge in [0, 0.05) is 29.7 Å². The molecule has 0 bridgehead atoms. The number of hydrogen-bond acceptors (Lipinski definition) is 11. The van der Waals surface area contributed by atoms with Crippen molar-refractivity contribution in [2.45, 2.75) is 47.1 Å². The first-order valence-corrected chi connectivity index (χ1v) is 12.6. The molecule has 1 fully saturated rings. The number of esters is 1. The van der Waals surface area contributed by atoms with Crippen LogP contribution in [0.2, 0.25) is 0 Å². The quantitative estimate of drug-likeness (QED) is 0.191. The van der Waals surface area contributed by atoms with Crippen LogP contribution in [-0.2, 0) is 42.0 Å². The van der Waals surface area contributed by atoms with Crippen molar-refractivity contribution in [2.24, 2.45) is 10.8 Å². The molecule has 1 aliphatic heterocycles. The predicted molar refractivity (Wildman–Crippen MR) is 119 cm³/mol. The molecular formula is C19H33N2O10PS. The lowest BCUT2D eigenvalue weighted by molar-refractivity contribution is -0.144. The minimum atomic E-state index is -4.19. The fourth-order valence-electron chi connectivity index (χ4n) is 2.29. The summed E-state index contributed by atoms with van der Waals surface area (Å²) in [6, 6.07) is 0. The number of alkyl carbamates (subject to hydrolysis) is 1. The second kappa shape index (κ2) is 12.7. The van der Waals surface area contributed by atoms with Crippen molar-refractivity contribution in [1.29, 1.82) is 0 Å². The molecule has 1 heterocycles. The van der Waals surface area contributed by atoms with Crippen LogP contribution in [0.15, 0.2) is 0 Å². The van der Waals surface area contributed by atoms with E-state index in [1.54, 1.807) is 34.6 Å². The van der Waals surface area contributed by atoms with Gasteiger partial charge in [-0.3, -0.25) is 23.4 Å². The smallest absolute Gasteiger partial charge is 0.469 e. The average molecular weight is 513 g/mol. The lowest BCUT2D eigenvalue weighted by Gasteiger charge is -2.39. The number of carbonyl (C=O) groups excluding carboxylic acids is 4. The van der Waals surface area contributed by atoms with Gasteiger partial charge in [-0.05, 0) is 0 Å². The molecule has 0 aliphatic carbocycles. The van der Waals surface area contributed by atoms with Crippen molar-refractivity contribution >= 4 is 42.7 Å². The number of amides is 2. The van der Waals surface area contributed by atoms with Gasteiger partial charge in [-0.2, -0.15) is 0 Å². The summed E-state index contributed by atoms with van der Waals surface area (Å²) in [5, 5.41) is 4.94. The van der Waals surface area contributed by atoms with E-state index in [1.807, 2.05) is 0 Å². The summed E-state index contributed by atoms with van der Waals surface area (Å²) < 4.78 is 37.4. The number of phosphoric ester groups is 1. The largest absolute Gasteiger partial charge is 0.478 e. The van der Waals surface area contributed by atoms with Crippen molar-refractivity contribution in [3.8, 4) is 0 Å². The third-order valence-corrected chi connectivity index (χ3v) is 6.87. The number of methoxy groups -OCH3 is 1. The van der Waals surface area contributed by atoms with Crippen LogP contribution in [0.3, 0.4) is 0 Å². The normalized spacial score (nSPS) is 22.2. The maximum atomic E-state index is 12.7. The van der Waals surface area contributed by atoms with Crippen LogP contribution in [0.1, 0.15) is 41.0 Å². The highest BCUT2D eigenvalue weighted by molar-refractivity contribution is 8.13. The first-order chi connectivity index (χ1) is 15.2. The third kappa shape index (κ3) is 10.4. The number of ether oxygens (including phenoxy) is 2. The standard InChI is InChI=1S/C19H33N2O10PS/c1-18(2,3)16(24)33-10-9-21-17(25)28-12-30-32(26)29-11-19(4,5)14(31-32)15(23)20-8-7-13(22)27-6/h14H,7-12H2,1-6H3,(H,20,23)(H,21,25)/t14-,32?/m0/s1. The zero-order chi connectivity index (χ0) is 25.3. The van der Waals surface area contributed by atoms with Crippen LogP contribution >= 0.6 is 19.6 Å². The Bertz CT molecular complexity index is 768. The van der Waals surface area contributed by atoms with Crippen LogP contribution in [0.4, 0.5) is 4.79 Å². The molecule has 0 aromatic heterocycles. The molecule has 1 unspecified atom stereocenters. The minimum Gasteiger partial charge on any atom is -0.469 e. The molecule has 190 valence electrons. The number of rotatable bonds is 10. The van der Waals surface area contributed by atoms with Gasteiger partial charge >= 0.3 is 19.9 Å². The Morgan fingerprint density at radius 1 is 1.15 bits per heavy atom. The van der Waals surface area contributed by atoms with Crippen molar-refractivity contribution < 1.29 is 46.8 Å². The summed E-state index contributed by atoms with van der Waals surface area (Å²) in [5.74, 6) is -0.734. The highest BCUT2D eigenvalue weighted by atomic mass is 32.2. The Labute approximate surface area is 197 Å². The molecule has 14 heteroatoms. The molecule has 0 radical (unpaired) electrons. The molecule has 0 saturated carbocycles. The zero-order valence-electron chi connectivity index (χ0n) is 19.8. The van der Waals surface area contributed by atoms with Gasteiger partial charge in [0.2, 0.25) is 12.7 Å². The maximum Gasteiger partial charge on any atom is 0.478 e. The van der Waals surface area contributed by atoms with Gasteiger partial charge < -0.3 is 20.1 Å². The zero-order valence-corrected chi connectivity index (χ0v) is 21.5. The van der Waals surface area contributed by atoms with Crippen LogP contribution in [0, 0.1) is 10.8 Å². The summed E-state index contributed by atoms with van der Waals surface area (Å²) in [6.45, 7) is 8.08. The molecule has 1 saturated heterocycles. The third-order valence-electron chi connectivity index (χ3n) is 4.25. The molecule has 0 aromatic rings. The van der Waals surface area contributed by atoms with Crippen LogP contribution in [0.5, 0.6) is 0 Å². The van der Waals surface area contributed by atoms with Crippen molar-refractivity contribution in [2.75, 3.05) is 39.4 Å². The average Bonchev–Trinajstić information content (AvgIpc) is 2.72. The molecule has 1 rings (SSSR count). The Kier molecular flexibility index (Phi) is 11.3. The van der Waals surface area contributed by atoms with E-state index in [0.717, 1.165) is 11.8 Å². The molecule has 12 nitrogen and oxygen atoms in total. The molecule has 2 amide bonds. The summed E-state index contributed by atoms with van der Waals surface area (Å²) in [6.07, 6.45) is -2.08. The van der Waals surface area contributed by atoms with Crippen molar-refractivity contribution in [3.63, 3.8) is 0 Å². The van der Waals surface area contributed by atoms with Crippen molar-refractivity contribution in [1.82, 2.24) is 10.6 Å². The summed E-state index contributed by atoms with van der Waals surface area (Å²) in [5.41, 5.74) is -1.32. The Morgan fingerprint density at radius 3 is 2.42 bits per heavy atom. The molecule has 33 heavy (non-hydrogen) atoms. The summed E-state index contributed by atoms with van der Waals surface area (Å²) in [4.78, 5) is 47.2. The van der Waals surface area contributed by atoms with Crippen LogP contribution < -0.4 is 10.6 Å². The first kappa shape index (κ1) is 29.4. The molecule has 2 N–H and O–H groups in total. The van der Waals surface area contributed by atoms with E-state index in [4.69, 9.17) is 18.3 Å². The second-order valence-electron chi connectivity index (χ2n) is 8.80. The Morgan fingerprint density at radius 2 is 1.82 bits per heavy atom. The highest BCUT2D eigenvalue weighted by Gasteiger charge is 2.49. The van der Waals surface area contributed by atoms with Gasteiger partial charge in [0.25, 0.3) is 0 Å². The SMILES string of the molecule is COC(=O)CCNC(=O)[C@@H]1OP(=O)(OCOC(=O)NCCSC(=O)C(C)(C)C)OCC1(C)C. The molecule has 0 aromatic carbocycles. The monoisotopic (exact) mass is 512 g/mol. The molecule has 1 aliphatic rings. The van der Waals surface area contributed by atoms with Gasteiger partial charge in [0.15, 0.2) is 11.2 Å². The molecular weight excluding hydrogens is 479 g/mol. The maximum absolute atomic E-state index is 12.7. The number of carbonyl (C=O) groups is 4. The summed E-state index contributed by atoms with van der Waals surface area (Å²) >= 11 is 1.09. The topological polar surface area (TPSA) is 156 Å². The highest BCUT2D eigenvalue weighted by Crippen LogP contribution is 2.57. The number of thioether (sulfide) groups is 1. The number of hydrogen-bond donors (Lipinski definition) is 2.